The lowest BCUT2D eigenvalue weighted by Crippen LogP contribution is -2.36. The average Bonchev–Trinajstić information content (AvgIpc) is 2.94. The number of carbonyl (C=O) groups is 2. The van der Waals surface area contributed by atoms with Gasteiger partial charge in [-0.05, 0) is 35.2 Å². The summed E-state index contributed by atoms with van der Waals surface area (Å²) < 4.78 is 3.73. The van der Waals surface area contributed by atoms with Crippen LogP contribution in [0.5, 0.6) is 0 Å². The van der Waals surface area contributed by atoms with Crippen LogP contribution in [-0.2, 0) is 13.6 Å². The van der Waals surface area contributed by atoms with Crippen LogP contribution < -0.4 is 4.57 Å². The van der Waals surface area contributed by atoms with Gasteiger partial charge >= 0.3 is 0 Å². The van der Waals surface area contributed by atoms with Gasteiger partial charge in [-0.2, -0.15) is 0 Å². The van der Waals surface area contributed by atoms with Crippen molar-refractivity contribution in [1.29, 1.82) is 0 Å². The maximum Gasteiger partial charge on any atom is 0.244 e. The maximum absolute atomic E-state index is 13.2. The first-order chi connectivity index (χ1) is 12.0. The van der Waals surface area contributed by atoms with Crippen molar-refractivity contribution in [2.45, 2.75) is 26.8 Å². The highest BCUT2D eigenvalue weighted by Gasteiger charge is 2.40. The van der Waals surface area contributed by atoms with Crippen LogP contribution in [0.4, 0.5) is 0 Å². The van der Waals surface area contributed by atoms with Crippen molar-refractivity contribution >= 4 is 22.3 Å². The summed E-state index contributed by atoms with van der Waals surface area (Å²) in [6, 6.07) is 11.5. The van der Waals surface area contributed by atoms with Crippen molar-refractivity contribution in [3.05, 3.63) is 65.2 Å². The monoisotopic (exact) mass is 333 g/mol. The van der Waals surface area contributed by atoms with Crippen LogP contribution in [0.1, 0.15) is 52.4 Å². The summed E-state index contributed by atoms with van der Waals surface area (Å²) in [7, 11) is 1.84. The Morgan fingerprint density at radius 1 is 1.04 bits per heavy atom. The molecule has 0 spiro atoms. The summed E-state index contributed by atoms with van der Waals surface area (Å²) in [4.78, 5) is 26.3. The van der Waals surface area contributed by atoms with Crippen LogP contribution in [0.2, 0.25) is 0 Å². The van der Waals surface area contributed by atoms with E-state index >= 15 is 0 Å². The minimum Gasteiger partial charge on any atom is -0.284 e. The summed E-state index contributed by atoms with van der Waals surface area (Å²) >= 11 is 0. The molecule has 4 rings (SSSR count). The number of ketones is 2. The molecule has 0 fully saturated rings. The Kier molecular flexibility index (Phi) is 3.57. The number of rotatable bonds is 3. The predicted octanol–water partition coefficient (Wildman–Crippen LogP) is 3.29. The zero-order chi connectivity index (χ0) is 17.7. The molecule has 1 aliphatic carbocycles. The van der Waals surface area contributed by atoms with E-state index in [2.05, 4.69) is 13.8 Å². The van der Waals surface area contributed by atoms with Crippen molar-refractivity contribution in [3.63, 3.8) is 0 Å². The van der Waals surface area contributed by atoms with E-state index in [1.807, 2.05) is 54.3 Å². The SMILES string of the molecule is CCC(C)Cn1c[n+](C)c2c1C(=O)c1cc3ccccc3cc1C2=O. The highest BCUT2D eigenvalue weighted by molar-refractivity contribution is 6.27. The summed E-state index contributed by atoms with van der Waals surface area (Å²) in [5, 5.41) is 1.96. The number of hydrogen-bond donors (Lipinski definition) is 0. The van der Waals surface area contributed by atoms with Crippen molar-refractivity contribution in [1.82, 2.24) is 4.57 Å². The lowest BCUT2D eigenvalue weighted by atomic mass is 9.87. The molecule has 3 aromatic rings. The lowest BCUT2D eigenvalue weighted by Gasteiger charge is -2.15. The van der Waals surface area contributed by atoms with Crippen LogP contribution in [0.3, 0.4) is 0 Å². The third-order valence-corrected chi connectivity index (χ3v) is 5.19. The Morgan fingerprint density at radius 2 is 1.64 bits per heavy atom. The fourth-order valence-electron chi connectivity index (χ4n) is 3.61. The van der Waals surface area contributed by atoms with Gasteiger partial charge in [0, 0.05) is 11.1 Å². The fraction of sp³-hybridized carbons (Fsp3) is 0.286. The molecule has 25 heavy (non-hydrogen) atoms. The molecule has 0 aliphatic heterocycles. The fourth-order valence-corrected chi connectivity index (χ4v) is 3.61. The number of carbonyl (C=O) groups excluding carboxylic acids is 2. The third-order valence-electron chi connectivity index (χ3n) is 5.19. The van der Waals surface area contributed by atoms with Gasteiger partial charge < -0.3 is 0 Å². The van der Waals surface area contributed by atoms with Crippen molar-refractivity contribution < 1.29 is 14.2 Å². The Morgan fingerprint density at radius 3 is 2.24 bits per heavy atom. The second kappa shape index (κ2) is 5.66. The van der Waals surface area contributed by atoms with Crippen molar-refractivity contribution in [3.8, 4) is 0 Å². The third kappa shape index (κ3) is 2.32. The molecule has 0 saturated carbocycles. The molecule has 0 N–H and O–H groups in total. The Bertz CT molecular complexity index is 1030. The first-order valence-electron chi connectivity index (χ1n) is 8.72. The van der Waals surface area contributed by atoms with Crippen molar-refractivity contribution in [2.24, 2.45) is 13.0 Å². The van der Waals surface area contributed by atoms with Crippen LogP contribution >= 0.6 is 0 Å². The first-order valence-corrected chi connectivity index (χ1v) is 8.72. The van der Waals surface area contributed by atoms with Gasteiger partial charge in [-0.1, -0.05) is 38.1 Å². The van der Waals surface area contributed by atoms with E-state index in [0.29, 0.717) is 28.4 Å². The Hall–Kier alpha value is -2.75. The van der Waals surface area contributed by atoms with Crippen LogP contribution in [-0.4, -0.2) is 16.1 Å². The van der Waals surface area contributed by atoms with Gasteiger partial charge in [0.05, 0.1) is 13.6 Å². The van der Waals surface area contributed by atoms with E-state index in [0.717, 1.165) is 23.7 Å². The number of nitrogens with zero attached hydrogens (tertiary/aromatic N) is 2. The lowest BCUT2D eigenvalue weighted by molar-refractivity contribution is -0.672. The molecule has 0 amide bonds. The zero-order valence-corrected chi connectivity index (χ0v) is 14.7. The van der Waals surface area contributed by atoms with Gasteiger partial charge in [0.15, 0.2) is 0 Å². The topological polar surface area (TPSA) is 43.0 Å². The molecule has 0 bridgehead atoms. The Labute approximate surface area is 146 Å². The molecule has 0 radical (unpaired) electrons. The minimum atomic E-state index is -0.0687. The summed E-state index contributed by atoms with van der Waals surface area (Å²) in [5.74, 6) is 0.317. The van der Waals surface area contributed by atoms with E-state index in [1.54, 1.807) is 4.57 Å². The van der Waals surface area contributed by atoms with Crippen LogP contribution in [0, 0.1) is 5.92 Å². The molecule has 1 atom stereocenters. The van der Waals surface area contributed by atoms with E-state index < -0.39 is 0 Å². The molecule has 1 aliphatic rings. The highest BCUT2D eigenvalue weighted by Crippen LogP contribution is 2.30. The highest BCUT2D eigenvalue weighted by atomic mass is 16.1. The smallest absolute Gasteiger partial charge is 0.244 e. The molecule has 4 heteroatoms. The molecule has 126 valence electrons. The second-order valence-electron chi connectivity index (χ2n) is 6.99. The Balaban J connectivity index is 1.93. The average molecular weight is 333 g/mol. The first kappa shape index (κ1) is 15.8. The molecule has 1 aromatic heterocycles. The summed E-state index contributed by atoms with van der Waals surface area (Å²) in [6.45, 7) is 5.03. The molecular weight excluding hydrogens is 312 g/mol. The molecular formula is C21H21N2O2+. The predicted molar refractivity (Wildman–Crippen MR) is 95.9 cm³/mol. The second-order valence-corrected chi connectivity index (χ2v) is 6.99. The maximum atomic E-state index is 13.2. The number of fused-ring (bicyclic) bond motifs is 3. The number of aryl methyl sites for hydroxylation is 1. The van der Waals surface area contributed by atoms with E-state index in [-0.39, 0.29) is 11.6 Å². The minimum absolute atomic E-state index is 0.0562. The summed E-state index contributed by atoms with van der Waals surface area (Å²) in [6.07, 6.45) is 2.90. The van der Waals surface area contributed by atoms with Gasteiger partial charge in [-0.15, -0.1) is 0 Å². The van der Waals surface area contributed by atoms with E-state index in [9.17, 15) is 9.59 Å². The van der Waals surface area contributed by atoms with Gasteiger partial charge in [0.1, 0.15) is 0 Å². The molecule has 4 nitrogen and oxygen atoms in total. The number of aromatic nitrogens is 2. The number of imidazole rings is 1. The zero-order valence-electron chi connectivity index (χ0n) is 14.7. The van der Waals surface area contributed by atoms with Crippen LogP contribution in [0.25, 0.3) is 10.8 Å². The van der Waals surface area contributed by atoms with Gasteiger partial charge in [0.2, 0.25) is 29.3 Å². The largest absolute Gasteiger partial charge is 0.284 e. The van der Waals surface area contributed by atoms with Gasteiger partial charge in [-0.25, -0.2) is 9.13 Å². The number of benzene rings is 2. The van der Waals surface area contributed by atoms with Crippen LogP contribution in [0.15, 0.2) is 42.7 Å². The summed E-state index contributed by atoms with van der Waals surface area (Å²) in [5.41, 5.74) is 2.04. The van der Waals surface area contributed by atoms with E-state index in [1.165, 1.54) is 0 Å². The van der Waals surface area contributed by atoms with Gasteiger partial charge in [-0.3, -0.25) is 9.59 Å². The standard InChI is InChI=1S/C21H21N2O2/c1-4-13(2)11-23-12-22(3)18-19(23)21(25)17-10-15-8-6-5-7-14(15)9-16(17)20(18)24/h5-10,12-13H,4,11H2,1-3H3/q+1. The molecule has 1 unspecified atom stereocenters. The van der Waals surface area contributed by atoms with Gasteiger partial charge in [0.25, 0.3) is 0 Å². The quantitative estimate of drug-likeness (QED) is 0.540. The van der Waals surface area contributed by atoms with Crippen molar-refractivity contribution in [2.75, 3.05) is 0 Å². The molecule has 2 aromatic carbocycles. The molecule has 0 saturated heterocycles. The number of hydrogen-bond acceptors (Lipinski definition) is 2. The van der Waals surface area contributed by atoms with E-state index in [4.69, 9.17) is 0 Å². The molecule has 1 heterocycles. The normalized spacial score (nSPS) is 14.5.